The summed E-state index contributed by atoms with van der Waals surface area (Å²) in [5.41, 5.74) is 7.20. The Kier molecular flexibility index (Phi) is 7.00. The zero-order valence-electron chi connectivity index (χ0n) is 19.1. The number of carbonyl (C=O) groups is 1. The minimum Gasteiger partial charge on any atom is -0.494 e. The molecule has 1 amide bonds. The van der Waals surface area contributed by atoms with Crippen LogP contribution in [0.4, 0.5) is 5.82 Å². The van der Waals surface area contributed by atoms with Gasteiger partial charge in [0.1, 0.15) is 22.1 Å². The number of pyridine rings is 1. The van der Waals surface area contributed by atoms with Crippen molar-refractivity contribution in [1.82, 2.24) is 20.8 Å². The lowest BCUT2D eigenvalue weighted by Crippen LogP contribution is -2.32. The maximum atomic E-state index is 11.6. The van der Waals surface area contributed by atoms with Crippen molar-refractivity contribution in [2.45, 2.75) is 43.2 Å². The van der Waals surface area contributed by atoms with Crippen molar-refractivity contribution in [3.05, 3.63) is 46.6 Å². The number of aromatic nitrogens is 2. The SMILES string of the molecule is CONC(=C1CCC(NCc2ccc3c(n2)NC(=O)CS3)CC1)c1nc2c(OC)cccc2s1. The average molecular weight is 498 g/mol. The molecule has 0 spiro atoms. The number of fused-ring (bicyclic) bond motifs is 2. The molecule has 3 N–H and O–H groups in total. The molecule has 5 rings (SSSR count). The van der Waals surface area contributed by atoms with Crippen molar-refractivity contribution in [3.8, 4) is 5.75 Å². The van der Waals surface area contributed by atoms with Gasteiger partial charge in [-0.15, -0.1) is 23.1 Å². The maximum Gasteiger partial charge on any atom is 0.235 e. The van der Waals surface area contributed by atoms with Crippen molar-refractivity contribution < 1.29 is 14.4 Å². The van der Waals surface area contributed by atoms with Gasteiger partial charge in [-0.2, -0.15) is 0 Å². The van der Waals surface area contributed by atoms with Gasteiger partial charge in [0.2, 0.25) is 5.91 Å². The number of hydrogen-bond acceptors (Lipinski definition) is 9. The van der Waals surface area contributed by atoms with Gasteiger partial charge >= 0.3 is 0 Å². The number of nitrogens with zero attached hydrogens (tertiary/aromatic N) is 2. The number of nitrogens with one attached hydrogen (secondary N) is 3. The second kappa shape index (κ2) is 10.3. The molecule has 0 unspecified atom stereocenters. The first-order valence-corrected chi connectivity index (χ1v) is 13.1. The molecule has 2 aliphatic rings. The minimum absolute atomic E-state index is 0.00810. The molecule has 3 aromatic rings. The van der Waals surface area contributed by atoms with Crippen LogP contribution in [0.3, 0.4) is 0 Å². The van der Waals surface area contributed by atoms with Crippen molar-refractivity contribution >= 4 is 50.7 Å². The van der Waals surface area contributed by atoms with Gasteiger partial charge in [0.25, 0.3) is 0 Å². The largest absolute Gasteiger partial charge is 0.494 e. The van der Waals surface area contributed by atoms with E-state index in [4.69, 9.17) is 14.6 Å². The van der Waals surface area contributed by atoms with Gasteiger partial charge in [-0.25, -0.2) is 9.97 Å². The van der Waals surface area contributed by atoms with E-state index in [0.29, 0.717) is 24.2 Å². The lowest BCUT2D eigenvalue weighted by atomic mass is 9.89. The fraction of sp³-hybridized carbons (Fsp3) is 0.375. The number of ether oxygens (including phenoxy) is 1. The van der Waals surface area contributed by atoms with E-state index in [1.807, 2.05) is 24.3 Å². The van der Waals surface area contributed by atoms with Crippen LogP contribution in [0.5, 0.6) is 5.75 Å². The predicted octanol–water partition coefficient (Wildman–Crippen LogP) is 4.34. The fourth-order valence-electron chi connectivity index (χ4n) is 4.34. The highest BCUT2D eigenvalue weighted by atomic mass is 32.2. The number of methoxy groups -OCH3 is 1. The number of rotatable bonds is 7. The van der Waals surface area contributed by atoms with Crippen LogP contribution >= 0.6 is 23.1 Å². The third kappa shape index (κ3) is 4.90. The van der Waals surface area contributed by atoms with Crippen LogP contribution in [0.1, 0.15) is 36.4 Å². The summed E-state index contributed by atoms with van der Waals surface area (Å²) in [6.07, 6.45) is 3.97. The molecule has 0 bridgehead atoms. The molecule has 178 valence electrons. The third-order valence-electron chi connectivity index (χ3n) is 6.07. The van der Waals surface area contributed by atoms with Crippen LogP contribution < -0.4 is 20.9 Å². The molecule has 0 atom stereocenters. The summed E-state index contributed by atoms with van der Waals surface area (Å²) in [5.74, 6) is 1.92. The average Bonchev–Trinajstić information content (AvgIpc) is 3.30. The zero-order valence-corrected chi connectivity index (χ0v) is 20.8. The van der Waals surface area contributed by atoms with E-state index in [1.165, 1.54) is 17.3 Å². The van der Waals surface area contributed by atoms with Crippen molar-refractivity contribution in [2.75, 3.05) is 25.3 Å². The number of hydroxylamine groups is 1. The normalized spacial score (nSPS) is 17.9. The molecule has 1 aliphatic heterocycles. The van der Waals surface area contributed by atoms with Crippen LogP contribution in [-0.4, -0.2) is 41.9 Å². The Morgan fingerprint density at radius 1 is 1.18 bits per heavy atom. The van der Waals surface area contributed by atoms with E-state index in [2.05, 4.69) is 27.2 Å². The van der Waals surface area contributed by atoms with E-state index in [-0.39, 0.29) is 5.91 Å². The Morgan fingerprint density at radius 3 is 2.82 bits per heavy atom. The first-order valence-electron chi connectivity index (χ1n) is 11.3. The number of allylic oxidation sites excluding steroid dienone is 1. The van der Waals surface area contributed by atoms with Crippen LogP contribution in [-0.2, 0) is 16.2 Å². The first kappa shape index (κ1) is 23.1. The number of benzene rings is 1. The van der Waals surface area contributed by atoms with Gasteiger partial charge in [-0.3, -0.25) is 15.1 Å². The molecule has 2 aromatic heterocycles. The molecule has 10 heteroatoms. The summed E-state index contributed by atoms with van der Waals surface area (Å²) in [6, 6.07) is 10.5. The smallest absolute Gasteiger partial charge is 0.235 e. The summed E-state index contributed by atoms with van der Waals surface area (Å²) in [7, 11) is 3.30. The predicted molar refractivity (Wildman–Crippen MR) is 136 cm³/mol. The van der Waals surface area contributed by atoms with Crippen molar-refractivity contribution in [2.24, 2.45) is 0 Å². The minimum atomic E-state index is 0.00810. The Hall–Kier alpha value is -2.66. The number of thioether (sulfide) groups is 1. The molecule has 1 aliphatic carbocycles. The van der Waals surface area contributed by atoms with Crippen LogP contribution in [0.25, 0.3) is 15.9 Å². The summed E-state index contributed by atoms with van der Waals surface area (Å²) in [6.45, 7) is 0.679. The lowest BCUT2D eigenvalue weighted by molar-refractivity contribution is -0.113. The quantitative estimate of drug-likeness (QED) is 0.415. The summed E-state index contributed by atoms with van der Waals surface area (Å²) in [4.78, 5) is 27.5. The number of anilines is 1. The third-order valence-corrected chi connectivity index (χ3v) is 8.15. The molecule has 1 aromatic carbocycles. The van der Waals surface area contributed by atoms with E-state index in [0.717, 1.165) is 62.9 Å². The molecule has 3 heterocycles. The maximum absolute atomic E-state index is 11.6. The van der Waals surface area contributed by atoms with Gasteiger partial charge in [0.15, 0.2) is 0 Å². The second-order valence-corrected chi connectivity index (χ2v) is 10.3. The number of thiazole rings is 1. The van der Waals surface area contributed by atoms with E-state index in [9.17, 15) is 4.79 Å². The molecule has 0 saturated heterocycles. The van der Waals surface area contributed by atoms with Crippen LogP contribution in [0.15, 0.2) is 40.8 Å². The zero-order chi connectivity index (χ0) is 23.5. The standard InChI is InChI=1S/C24H27N5O3S2/c1-31-17-4-3-5-18-22(17)28-24(34-18)21(29-32-2)14-6-8-15(9-7-14)25-12-16-10-11-19-23(26-16)27-20(30)13-33-19/h3-5,10-11,15,25,29H,6-9,12-13H2,1-2H3,(H,26,27,30). The van der Waals surface area contributed by atoms with Gasteiger partial charge < -0.3 is 15.4 Å². The van der Waals surface area contributed by atoms with Crippen molar-refractivity contribution in [1.29, 1.82) is 0 Å². The Labute approximate surface area is 206 Å². The molecular formula is C24H27N5O3S2. The summed E-state index contributed by atoms with van der Waals surface area (Å²) >= 11 is 3.17. The molecule has 0 radical (unpaired) electrons. The van der Waals surface area contributed by atoms with Crippen molar-refractivity contribution in [3.63, 3.8) is 0 Å². The van der Waals surface area contributed by atoms with E-state index in [1.54, 1.807) is 25.6 Å². The summed E-state index contributed by atoms with van der Waals surface area (Å²) in [5, 5.41) is 7.42. The lowest BCUT2D eigenvalue weighted by Gasteiger charge is -2.26. The summed E-state index contributed by atoms with van der Waals surface area (Å²) < 4.78 is 6.57. The molecule has 1 fully saturated rings. The van der Waals surface area contributed by atoms with Crippen LogP contribution in [0.2, 0.25) is 0 Å². The molecular weight excluding hydrogens is 470 g/mol. The van der Waals surface area contributed by atoms with Gasteiger partial charge in [0, 0.05) is 12.6 Å². The Bertz CT molecular complexity index is 1230. The van der Waals surface area contributed by atoms with Crippen LogP contribution in [0, 0.1) is 0 Å². The highest BCUT2D eigenvalue weighted by Crippen LogP contribution is 2.36. The number of hydrogen-bond donors (Lipinski definition) is 3. The Morgan fingerprint density at radius 2 is 2.03 bits per heavy atom. The Balaban J connectivity index is 1.25. The molecule has 8 nitrogen and oxygen atoms in total. The van der Waals surface area contributed by atoms with Gasteiger partial charge in [-0.05, 0) is 55.5 Å². The highest BCUT2D eigenvalue weighted by molar-refractivity contribution is 8.00. The first-order chi connectivity index (χ1) is 16.6. The van der Waals surface area contributed by atoms with E-state index < -0.39 is 0 Å². The fourth-order valence-corrected chi connectivity index (χ4v) is 6.12. The molecule has 34 heavy (non-hydrogen) atoms. The monoisotopic (exact) mass is 497 g/mol. The number of amides is 1. The second-order valence-electron chi connectivity index (χ2n) is 8.25. The number of para-hydroxylation sites is 1. The topological polar surface area (TPSA) is 97.4 Å². The number of carbonyl (C=O) groups excluding carboxylic acids is 1. The van der Waals surface area contributed by atoms with E-state index >= 15 is 0 Å². The van der Waals surface area contributed by atoms with Gasteiger partial charge in [-0.1, -0.05) is 6.07 Å². The highest BCUT2D eigenvalue weighted by Gasteiger charge is 2.23. The van der Waals surface area contributed by atoms with Gasteiger partial charge in [0.05, 0.1) is 41.0 Å². The molecule has 1 saturated carbocycles.